The lowest BCUT2D eigenvalue weighted by atomic mass is 9.99. The predicted octanol–water partition coefficient (Wildman–Crippen LogP) is 3.14. The van der Waals surface area contributed by atoms with E-state index in [1.807, 2.05) is 0 Å². The van der Waals surface area contributed by atoms with Gasteiger partial charge in [-0.2, -0.15) is 0 Å². The first-order chi connectivity index (χ1) is 10.1. The van der Waals surface area contributed by atoms with Crippen molar-refractivity contribution in [3.63, 3.8) is 0 Å². The molecule has 1 aliphatic rings. The molecule has 0 aliphatic carbocycles. The Labute approximate surface area is 135 Å². The summed E-state index contributed by atoms with van der Waals surface area (Å²) >= 11 is 12.0. The van der Waals surface area contributed by atoms with Crippen molar-refractivity contribution in [3.8, 4) is 0 Å². The van der Waals surface area contributed by atoms with Crippen molar-refractivity contribution in [1.82, 2.24) is 4.90 Å². The number of piperidine rings is 1. The van der Waals surface area contributed by atoms with Crippen LogP contribution in [0.15, 0.2) is 18.2 Å². The number of carbonyl (C=O) groups is 1. The standard InChI is InChI=1S/C15H21Cl2N3O/c16-11-4-5-13(17)14(9-11)19-15(21)10-20-8-2-1-3-12(20)6-7-18/h4-5,9,12H,1-3,6-8,10,18H2,(H,19,21). The smallest absolute Gasteiger partial charge is 0.238 e. The van der Waals surface area contributed by atoms with Gasteiger partial charge in [-0.25, -0.2) is 0 Å². The summed E-state index contributed by atoms with van der Waals surface area (Å²) in [5, 5.41) is 3.87. The van der Waals surface area contributed by atoms with Gasteiger partial charge in [0.05, 0.1) is 17.3 Å². The number of nitrogens with zero attached hydrogens (tertiary/aromatic N) is 1. The van der Waals surface area contributed by atoms with Crippen molar-refractivity contribution in [3.05, 3.63) is 28.2 Å². The molecule has 21 heavy (non-hydrogen) atoms. The Balaban J connectivity index is 1.95. The first-order valence-corrected chi connectivity index (χ1v) is 8.05. The first-order valence-electron chi connectivity index (χ1n) is 7.29. The maximum absolute atomic E-state index is 12.2. The third-order valence-electron chi connectivity index (χ3n) is 3.80. The maximum atomic E-state index is 12.2. The maximum Gasteiger partial charge on any atom is 0.238 e. The number of amides is 1. The van der Waals surface area contributed by atoms with Gasteiger partial charge in [0.15, 0.2) is 0 Å². The van der Waals surface area contributed by atoms with Gasteiger partial charge in [-0.15, -0.1) is 0 Å². The summed E-state index contributed by atoms with van der Waals surface area (Å²) in [7, 11) is 0. The van der Waals surface area contributed by atoms with Gasteiger partial charge in [0, 0.05) is 11.1 Å². The molecule has 2 rings (SSSR count). The fourth-order valence-corrected chi connectivity index (χ4v) is 3.09. The molecule has 1 atom stereocenters. The minimum absolute atomic E-state index is 0.0666. The molecule has 1 fully saturated rings. The van der Waals surface area contributed by atoms with Crippen LogP contribution in [0.5, 0.6) is 0 Å². The molecule has 0 radical (unpaired) electrons. The Morgan fingerprint density at radius 3 is 2.95 bits per heavy atom. The SMILES string of the molecule is NCCC1CCCCN1CC(=O)Nc1cc(Cl)ccc1Cl. The molecule has 1 unspecified atom stereocenters. The number of benzene rings is 1. The van der Waals surface area contributed by atoms with Crippen LogP contribution in [0.1, 0.15) is 25.7 Å². The monoisotopic (exact) mass is 329 g/mol. The van der Waals surface area contributed by atoms with Crippen molar-refractivity contribution in [2.75, 3.05) is 25.0 Å². The van der Waals surface area contributed by atoms with E-state index in [9.17, 15) is 4.79 Å². The Bertz CT molecular complexity index is 494. The number of hydrogen-bond donors (Lipinski definition) is 2. The molecule has 1 aliphatic heterocycles. The average Bonchev–Trinajstić information content (AvgIpc) is 2.45. The van der Waals surface area contributed by atoms with Crippen molar-refractivity contribution in [2.24, 2.45) is 5.73 Å². The van der Waals surface area contributed by atoms with E-state index in [2.05, 4.69) is 10.2 Å². The molecule has 3 N–H and O–H groups in total. The molecule has 0 bridgehead atoms. The fourth-order valence-electron chi connectivity index (χ4n) is 2.75. The van der Waals surface area contributed by atoms with Crippen LogP contribution in [-0.2, 0) is 4.79 Å². The second-order valence-corrected chi connectivity index (χ2v) is 6.21. The van der Waals surface area contributed by atoms with E-state index in [0.717, 1.165) is 25.8 Å². The summed E-state index contributed by atoms with van der Waals surface area (Å²) in [5.41, 5.74) is 6.21. The third kappa shape index (κ3) is 4.85. The third-order valence-corrected chi connectivity index (χ3v) is 4.36. The summed E-state index contributed by atoms with van der Waals surface area (Å²) in [6, 6.07) is 5.44. The molecule has 1 aromatic carbocycles. The molecule has 116 valence electrons. The van der Waals surface area contributed by atoms with Gasteiger partial charge in [0.25, 0.3) is 0 Å². The molecular formula is C15H21Cl2N3O. The molecule has 1 aromatic rings. The number of hydrogen-bond acceptors (Lipinski definition) is 3. The van der Waals surface area contributed by atoms with E-state index in [4.69, 9.17) is 28.9 Å². The lowest BCUT2D eigenvalue weighted by molar-refractivity contribution is -0.118. The number of carbonyl (C=O) groups excluding carboxylic acids is 1. The molecule has 1 heterocycles. The van der Waals surface area contributed by atoms with Gasteiger partial charge in [-0.3, -0.25) is 9.69 Å². The Morgan fingerprint density at radius 1 is 1.38 bits per heavy atom. The predicted molar refractivity (Wildman–Crippen MR) is 88.0 cm³/mol. The zero-order valence-corrected chi connectivity index (χ0v) is 13.5. The lowest BCUT2D eigenvalue weighted by Crippen LogP contribution is -2.44. The van der Waals surface area contributed by atoms with Crippen LogP contribution in [0.4, 0.5) is 5.69 Å². The zero-order valence-electron chi connectivity index (χ0n) is 11.9. The summed E-state index contributed by atoms with van der Waals surface area (Å²) in [6.45, 7) is 1.97. The van der Waals surface area contributed by atoms with Crippen molar-refractivity contribution in [1.29, 1.82) is 0 Å². The van der Waals surface area contributed by atoms with Crippen LogP contribution in [0.25, 0.3) is 0 Å². The summed E-state index contributed by atoms with van der Waals surface area (Å²) in [5.74, 6) is -0.0666. The van der Waals surface area contributed by atoms with Crippen LogP contribution in [0.2, 0.25) is 10.0 Å². The van der Waals surface area contributed by atoms with E-state index in [-0.39, 0.29) is 5.91 Å². The van der Waals surface area contributed by atoms with Crippen LogP contribution in [0, 0.1) is 0 Å². The highest BCUT2D eigenvalue weighted by Gasteiger charge is 2.23. The minimum Gasteiger partial charge on any atom is -0.330 e. The molecule has 6 heteroatoms. The highest BCUT2D eigenvalue weighted by Crippen LogP contribution is 2.25. The van der Waals surface area contributed by atoms with Gasteiger partial charge >= 0.3 is 0 Å². The molecule has 4 nitrogen and oxygen atoms in total. The fraction of sp³-hybridized carbons (Fsp3) is 0.533. The lowest BCUT2D eigenvalue weighted by Gasteiger charge is -2.35. The second-order valence-electron chi connectivity index (χ2n) is 5.37. The molecule has 1 amide bonds. The molecule has 0 spiro atoms. The van der Waals surface area contributed by atoms with Crippen molar-refractivity contribution in [2.45, 2.75) is 31.7 Å². The van der Waals surface area contributed by atoms with Gasteiger partial charge in [0.1, 0.15) is 0 Å². The van der Waals surface area contributed by atoms with Gasteiger partial charge in [-0.1, -0.05) is 29.6 Å². The van der Waals surface area contributed by atoms with Gasteiger partial charge in [0.2, 0.25) is 5.91 Å². The normalized spacial score (nSPS) is 19.5. The van der Waals surface area contributed by atoms with Crippen LogP contribution in [0.3, 0.4) is 0 Å². The first kappa shape index (κ1) is 16.6. The van der Waals surface area contributed by atoms with Gasteiger partial charge in [-0.05, 0) is 50.6 Å². The van der Waals surface area contributed by atoms with E-state index in [1.54, 1.807) is 18.2 Å². The number of nitrogens with one attached hydrogen (secondary N) is 1. The average molecular weight is 330 g/mol. The van der Waals surface area contributed by atoms with E-state index >= 15 is 0 Å². The quantitative estimate of drug-likeness (QED) is 0.872. The van der Waals surface area contributed by atoms with E-state index in [0.29, 0.717) is 34.9 Å². The summed E-state index contributed by atoms with van der Waals surface area (Å²) in [4.78, 5) is 14.4. The minimum atomic E-state index is -0.0666. The zero-order chi connectivity index (χ0) is 15.2. The Hall–Kier alpha value is -0.810. The number of likely N-dealkylation sites (tertiary alicyclic amines) is 1. The number of rotatable bonds is 5. The Kier molecular flexibility index (Phi) is 6.30. The van der Waals surface area contributed by atoms with Crippen LogP contribution >= 0.6 is 23.2 Å². The van der Waals surface area contributed by atoms with E-state index in [1.165, 1.54) is 6.42 Å². The summed E-state index contributed by atoms with van der Waals surface area (Å²) in [6.07, 6.45) is 4.39. The molecular weight excluding hydrogens is 309 g/mol. The highest BCUT2D eigenvalue weighted by molar-refractivity contribution is 6.35. The largest absolute Gasteiger partial charge is 0.330 e. The van der Waals surface area contributed by atoms with E-state index < -0.39 is 0 Å². The summed E-state index contributed by atoms with van der Waals surface area (Å²) < 4.78 is 0. The molecule has 0 saturated carbocycles. The number of anilines is 1. The van der Waals surface area contributed by atoms with Crippen LogP contribution < -0.4 is 11.1 Å². The van der Waals surface area contributed by atoms with Crippen LogP contribution in [-0.4, -0.2) is 36.5 Å². The number of halogens is 2. The van der Waals surface area contributed by atoms with Gasteiger partial charge < -0.3 is 11.1 Å². The number of nitrogens with two attached hydrogens (primary N) is 1. The Morgan fingerprint density at radius 2 is 2.19 bits per heavy atom. The second kappa shape index (κ2) is 7.99. The topological polar surface area (TPSA) is 58.4 Å². The highest BCUT2D eigenvalue weighted by atomic mass is 35.5. The molecule has 0 aromatic heterocycles. The molecule has 1 saturated heterocycles. The van der Waals surface area contributed by atoms with Crippen molar-refractivity contribution >= 4 is 34.8 Å². The van der Waals surface area contributed by atoms with Crippen molar-refractivity contribution < 1.29 is 4.79 Å².